The molecule has 17 nitrogen and oxygen atoms in total. The van der Waals surface area contributed by atoms with Crippen molar-refractivity contribution < 1.29 is 38.9 Å². The van der Waals surface area contributed by atoms with Crippen molar-refractivity contribution in [2.75, 3.05) is 76.4 Å². The number of benzene rings is 1. The fraction of sp³-hybridized carbons (Fsp3) is 0.556. The number of nitrogens with two attached hydrogens (primary N) is 2. The number of aromatic nitrogens is 3. The third-order valence-electron chi connectivity index (χ3n) is 8.98. The second kappa shape index (κ2) is 21.3. The zero-order valence-corrected chi connectivity index (χ0v) is 31.8. The minimum atomic E-state index is -1.23. The average Bonchev–Trinajstić information content (AvgIpc) is 3.55. The van der Waals surface area contributed by atoms with Gasteiger partial charge in [0.1, 0.15) is 17.3 Å². The van der Waals surface area contributed by atoms with Crippen molar-refractivity contribution in [1.29, 1.82) is 0 Å². The topological polar surface area (TPSA) is 240 Å². The number of nitrogens with zero attached hydrogens (tertiary/aromatic N) is 5. The molecular formula is C36H53N9O8S. The molecule has 1 aromatic carbocycles. The maximum Gasteiger partial charge on any atom is 0.321 e. The van der Waals surface area contributed by atoms with Crippen LogP contribution in [0.15, 0.2) is 30.5 Å². The van der Waals surface area contributed by atoms with Crippen molar-refractivity contribution in [2.45, 2.75) is 63.4 Å². The van der Waals surface area contributed by atoms with Gasteiger partial charge in [-0.1, -0.05) is 31.9 Å². The minimum absolute atomic E-state index is 0.0117. The molecule has 0 unspecified atom stereocenters. The van der Waals surface area contributed by atoms with E-state index in [0.29, 0.717) is 19.6 Å². The fourth-order valence-electron chi connectivity index (χ4n) is 6.03. The second-order valence-electron chi connectivity index (χ2n) is 13.1. The Morgan fingerprint density at radius 3 is 2.50 bits per heavy atom. The number of anilines is 2. The third-order valence-corrected chi connectivity index (χ3v) is 10.3. The number of carbonyl (C=O) groups is 4. The molecule has 54 heavy (non-hydrogen) atoms. The van der Waals surface area contributed by atoms with Gasteiger partial charge in [0.25, 0.3) is 0 Å². The first-order chi connectivity index (χ1) is 26.0. The number of carboxylic acids is 2. The van der Waals surface area contributed by atoms with Crippen LogP contribution in [-0.4, -0.2) is 135 Å². The zero-order valence-electron chi connectivity index (χ0n) is 31.0. The van der Waals surface area contributed by atoms with Crippen LogP contribution in [-0.2, 0) is 37.0 Å². The van der Waals surface area contributed by atoms with Gasteiger partial charge in [0.15, 0.2) is 5.82 Å². The molecule has 0 spiro atoms. The van der Waals surface area contributed by atoms with Crippen LogP contribution in [0.2, 0.25) is 0 Å². The Balaban J connectivity index is 1.19. The van der Waals surface area contributed by atoms with Crippen LogP contribution in [0.25, 0.3) is 11.0 Å². The normalized spacial score (nSPS) is 14.5. The molecule has 1 saturated heterocycles. The van der Waals surface area contributed by atoms with Gasteiger partial charge in [-0.05, 0) is 24.1 Å². The smallest absolute Gasteiger partial charge is 0.321 e. The van der Waals surface area contributed by atoms with E-state index in [-0.39, 0.29) is 43.8 Å². The van der Waals surface area contributed by atoms with Crippen LogP contribution in [0.3, 0.4) is 0 Å². The predicted octanol–water partition coefficient (Wildman–Crippen LogP) is 1.83. The van der Waals surface area contributed by atoms with E-state index in [2.05, 4.69) is 55.2 Å². The summed E-state index contributed by atoms with van der Waals surface area (Å²) < 4.78 is 13.5. The molecule has 2 atom stereocenters. The van der Waals surface area contributed by atoms with Crippen LogP contribution in [0.1, 0.15) is 50.2 Å². The maximum absolute atomic E-state index is 12.8. The number of rotatable bonds is 23. The van der Waals surface area contributed by atoms with Crippen molar-refractivity contribution in [3.05, 3.63) is 41.6 Å². The molecule has 0 bridgehead atoms. The number of nitrogen functional groups attached to an aromatic ring is 1. The molecule has 2 aromatic heterocycles. The first-order valence-corrected chi connectivity index (χ1v) is 19.2. The van der Waals surface area contributed by atoms with Crippen molar-refractivity contribution in [3.8, 4) is 5.75 Å². The molecule has 2 amide bonds. The number of unbranched alkanes of at least 4 members (excludes halogenated alkanes) is 2. The Morgan fingerprint density at radius 1 is 1.02 bits per heavy atom. The van der Waals surface area contributed by atoms with Gasteiger partial charge < -0.3 is 51.3 Å². The third kappa shape index (κ3) is 12.7. The monoisotopic (exact) mass is 771 g/mol. The molecule has 0 aliphatic carbocycles. The summed E-state index contributed by atoms with van der Waals surface area (Å²) in [6, 6.07) is 7.00. The van der Waals surface area contributed by atoms with Crippen molar-refractivity contribution in [1.82, 2.24) is 29.7 Å². The Labute approximate surface area is 319 Å². The molecule has 1 aliphatic rings. The van der Waals surface area contributed by atoms with Crippen molar-refractivity contribution >= 4 is 58.3 Å². The summed E-state index contributed by atoms with van der Waals surface area (Å²) in [4.78, 5) is 60.4. The summed E-state index contributed by atoms with van der Waals surface area (Å²) in [6.45, 7) is 7.34. The number of thioether (sulfide) groups is 1. The summed E-state index contributed by atoms with van der Waals surface area (Å²) in [7, 11) is 1.67. The first kappa shape index (κ1) is 42.1. The van der Waals surface area contributed by atoms with Gasteiger partial charge in [0.2, 0.25) is 17.8 Å². The Hall–Kier alpha value is -4.65. The number of methoxy groups -OCH3 is 1. The van der Waals surface area contributed by atoms with Gasteiger partial charge in [-0.15, -0.1) is 11.8 Å². The average molecular weight is 772 g/mol. The van der Waals surface area contributed by atoms with Gasteiger partial charge >= 0.3 is 11.9 Å². The maximum atomic E-state index is 12.8. The van der Waals surface area contributed by atoms with E-state index < -0.39 is 35.6 Å². The lowest BCUT2D eigenvalue weighted by atomic mass is 10.1. The van der Waals surface area contributed by atoms with Crippen molar-refractivity contribution in [3.63, 3.8) is 0 Å². The molecule has 3 heterocycles. The number of piperazine rings is 1. The van der Waals surface area contributed by atoms with E-state index in [9.17, 15) is 19.2 Å². The van der Waals surface area contributed by atoms with E-state index >= 15 is 0 Å². The lowest BCUT2D eigenvalue weighted by molar-refractivity contribution is -0.138. The molecule has 1 aliphatic heterocycles. The highest BCUT2D eigenvalue weighted by atomic mass is 32.2. The van der Waals surface area contributed by atoms with Crippen LogP contribution < -0.4 is 26.8 Å². The summed E-state index contributed by atoms with van der Waals surface area (Å²) >= 11 is 0.881. The number of fused-ring (bicyclic) bond motifs is 1. The van der Waals surface area contributed by atoms with Crippen LogP contribution >= 0.6 is 11.8 Å². The summed E-state index contributed by atoms with van der Waals surface area (Å²) in [5, 5.41) is 23.1. The predicted molar refractivity (Wildman–Crippen MR) is 206 cm³/mol. The van der Waals surface area contributed by atoms with E-state index in [1.165, 1.54) is 0 Å². The number of ether oxygens (including phenoxy) is 2. The van der Waals surface area contributed by atoms with Crippen molar-refractivity contribution in [2.24, 2.45) is 5.73 Å². The molecule has 8 N–H and O–H groups in total. The molecular weight excluding hydrogens is 719 g/mol. The molecule has 4 rings (SSSR count). The molecule has 0 radical (unpaired) electrons. The van der Waals surface area contributed by atoms with E-state index in [1.54, 1.807) is 7.11 Å². The van der Waals surface area contributed by atoms with Gasteiger partial charge in [-0.3, -0.25) is 24.1 Å². The molecule has 1 fully saturated rings. The first-order valence-electron chi connectivity index (χ1n) is 18.2. The quantitative estimate of drug-likeness (QED) is 0.0754. The lowest BCUT2D eigenvalue weighted by Gasteiger charge is -2.35. The molecule has 0 saturated carbocycles. The number of nitrogens with one attached hydrogen (secondary N) is 2. The number of carboxylic acid groups (broad SMARTS) is 2. The van der Waals surface area contributed by atoms with Gasteiger partial charge in [0.05, 0.1) is 50.5 Å². The summed E-state index contributed by atoms with van der Waals surface area (Å²) in [6.07, 6.45) is 5.03. The highest BCUT2D eigenvalue weighted by Crippen LogP contribution is 2.28. The minimum Gasteiger partial charge on any atom is -0.496 e. The Morgan fingerprint density at radius 2 is 1.80 bits per heavy atom. The molecule has 18 heteroatoms. The molecule has 296 valence electrons. The fourth-order valence-corrected chi connectivity index (χ4v) is 7.11. The summed E-state index contributed by atoms with van der Waals surface area (Å²) in [5.74, 6) is -1.32. The summed E-state index contributed by atoms with van der Waals surface area (Å²) in [5.41, 5.74) is 15.3. The Kier molecular flexibility index (Phi) is 16.6. The largest absolute Gasteiger partial charge is 0.496 e. The number of hydrogen-bond donors (Lipinski definition) is 6. The number of aliphatic carboxylic acids is 2. The van der Waals surface area contributed by atoms with E-state index in [4.69, 9.17) is 31.2 Å². The van der Waals surface area contributed by atoms with E-state index in [1.807, 2.05) is 17.2 Å². The van der Waals surface area contributed by atoms with Crippen LogP contribution in [0, 0.1) is 0 Å². The van der Waals surface area contributed by atoms with E-state index in [0.717, 1.165) is 90.9 Å². The number of hydrogen-bond acceptors (Lipinski definition) is 13. The standard InChI is InChI=1S/C36H53N9O8S/c1-3-4-5-10-39-33-32-27(41-36(38)42-33)8-12-45(32)22-25-7-6-24(19-28(25)52-2)21-43-13-15-44(16-14-43)30(46)9-17-53-18-11-40-34(49)29(20-31(47)48)54-23-26(37)35(50)51/h6-8,12,19,26,29H,3-5,9-11,13-18,20-23,37H2,1-2H3,(H,40,49)(H,47,48)(H,50,51)(H3,38,39,41,42)/t26-,29-/m0/s1. The van der Waals surface area contributed by atoms with Crippen LogP contribution in [0.4, 0.5) is 11.8 Å². The number of amides is 2. The Bertz CT molecular complexity index is 1720. The SMILES string of the molecule is CCCCCNc1nc(N)nc2ccn(Cc3ccc(CN4CCN(C(=O)CCOCCNC(=O)[C@H](CC(=O)O)SC[C@H](N)C(=O)O)CC4)cc3OC)c12. The van der Waals surface area contributed by atoms with Crippen LogP contribution in [0.5, 0.6) is 5.75 Å². The van der Waals surface area contributed by atoms with Gasteiger partial charge in [-0.2, -0.15) is 4.98 Å². The zero-order chi connectivity index (χ0) is 39.0. The second-order valence-corrected chi connectivity index (χ2v) is 14.3. The molecule has 3 aromatic rings. The van der Waals surface area contributed by atoms with Gasteiger partial charge in [0, 0.05) is 63.3 Å². The highest BCUT2D eigenvalue weighted by Gasteiger charge is 2.25. The number of carbonyl (C=O) groups excluding carboxylic acids is 2. The lowest BCUT2D eigenvalue weighted by Crippen LogP contribution is -2.48. The van der Waals surface area contributed by atoms with Gasteiger partial charge in [-0.25, -0.2) is 4.98 Å². The highest BCUT2D eigenvalue weighted by molar-refractivity contribution is 8.00.